The standard InChI is InChI=1S/C15H17O7P/c1-9(10-4-2-5-11(16)8-10)15(18)14-12(17)6-3-7-13(14)22-23(19,20)21/h2-9,15-18H,1H3,(H2,19,20,21). The molecule has 0 saturated heterocycles. The zero-order valence-corrected chi connectivity index (χ0v) is 13.1. The molecule has 23 heavy (non-hydrogen) atoms. The number of hydrogen-bond donors (Lipinski definition) is 5. The fraction of sp³-hybridized carbons (Fsp3) is 0.200. The van der Waals surface area contributed by atoms with Gasteiger partial charge in [-0.2, -0.15) is 0 Å². The van der Waals surface area contributed by atoms with Gasteiger partial charge in [-0.15, -0.1) is 0 Å². The molecule has 2 unspecified atom stereocenters. The van der Waals surface area contributed by atoms with Gasteiger partial charge in [-0.05, 0) is 29.8 Å². The molecule has 2 aromatic carbocycles. The number of aromatic hydroxyl groups is 2. The van der Waals surface area contributed by atoms with Crippen molar-refractivity contribution in [3.8, 4) is 17.2 Å². The number of hydrogen-bond acceptors (Lipinski definition) is 5. The van der Waals surface area contributed by atoms with Gasteiger partial charge < -0.3 is 19.8 Å². The summed E-state index contributed by atoms with van der Waals surface area (Å²) in [6.45, 7) is 1.65. The Balaban J connectivity index is 2.42. The third-order valence-corrected chi connectivity index (χ3v) is 3.86. The van der Waals surface area contributed by atoms with Crippen molar-refractivity contribution in [1.82, 2.24) is 0 Å². The summed E-state index contributed by atoms with van der Waals surface area (Å²) in [7, 11) is -4.85. The van der Waals surface area contributed by atoms with Crippen molar-refractivity contribution < 1.29 is 34.2 Å². The highest BCUT2D eigenvalue weighted by Gasteiger charge is 2.28. The second-order valence-corrected chi connectivity index (χ2v) is 6.26. The van der Waals surface area contributed by atoms with Crippen LogP contribution in [0.5, 0.6) is 17.2 Å². The van der Waals surface area contributed by atoms with Gasteiger partial charge in [0.2, 0.25) is 0 Å². The Bertz CT molecular complexity index is 740. The molecule has 0 aliphatic heterocycles. The van der Waals surface area contributed by atoms with E-state index >= 15 is 0 Å². The van der Waals surface area contributed by atoms with Crippen molar-refractivity contribution in [2.45, 2.75) is 18.9 Å². The van der Waals surface area contributed by atoms with Crippen LogP contribution in [0.15, 0.2) is 42.5 Å². The Kier molecular flexibility index (Phi) is 4.97. The normalized spacial score (nSPS) is 14.3. The van der Waals surface area contributed by atoms with E-state index in [4.69, 9.17) is 9.79 Å². The largest absolute Gasteiger partial charge is 0.524 e. The molecule has 0 saturated carbocycles. The first kappa shape index (κ1) is 17.3. The lowest BCUT2D eigenvalue weighted by atomic mass is 9.90. The molecule has 0 aromatic heterocycles. The van der Waals surface area contributed by atoms with Gasteiger partial charge in [0.15, 0.2) is 0 Å². The SMILES string of the molecule is CC(c1cccc(O)c1)C(O)c1c(O)cccc1OP(=O)(O)O. The molecular weight excluding hydrogens is 323 g/mol. The number of rotatable bonds is 5. The minimum absolute atomic E-state index is 0.0190. The van der Waals surface area contributed by atoms with E-state index in [-0.39, 0.29) is 22.8 Å². The smallest absolute Gasteiger partial charge is 0.508 e. The summed E-state index contributed by atoms with van der Waals surface area (Å²) in [6.07, 6.45) is -1.31. The number of aliphatic hydroxyl groups is 1. The highest BCUT2D eigenvalue weighted by molar-refractivity contribution is 7.46. The highest BCUT2D eigenvalue weighted by Crippen LogP contribution is 2.46. The summed E-state index contributed by atoms with van der Waals surface area (Å²) >= 11 is 0. The van der Waals surface area contributed by atoms with E-state index in [2.05, 4.69) is 4.52 Å². The minimum atomic E-state index is -4.85. The molecule has 0 heterocycles. The maximum absolute atomic E-state index is 11.0. The number of phosphoric acid groups is 1. The van der Waals surface area contributed by atoms with E-state index in [1.54, 1.807) is 19.1 Å². The van der Waals surface area contributed by atoms with Crippen LogP contribution in [0.1, 0.15) is 30.1 Å². The summed E-state index contributed by atoms with van der Waals surface area (Å²) < 4.78 is 15.6. The average molecular weight is 340 g/mol. The van der Waals surface area contributed by atoms with Gasteiger partial charge >= 0.3 is 7.82 Å². The number of benzene rings is 2. The number of phosphoric ester groups is 1. The molecular formula is C15H17O7P. The molecule has 5 N–H and O–H groups in total. The van der Waals surface area contributed by atoms with Gasteiger partial charge in [0.1, 0.15) is 17.2 Å². The number of phenolic OH excluding ortho intramolecular Hbond substituents is 2. The zero-order chi connectivity index (χ0) is 17.2. The molecule has 0 aliphatic rings. The summed E-state index contributed by atoms with van der Waals surface area (Å²) in [5.41, 5.74) is 0.453. The van der Waals surface area contributed by atoms with Crippen molar-refractivity contribution in [2.75, 3.05) is 0 Å². The van der Waals surface area contributed by atoms with Crippen LogP contribution in [0.3, 0.4) is 0 Å². The fourth-order valence-corrected chi connectivity index (χ4v) is 2.69. The van der Waals surface area contributed by atoms with E-state index in [1.165, 1.54) is 30.3 Å². The van der Waals surface area contributed by atoms with Gasteiger partial charge in [0.05, 0.1) is 11.7 Å². The molecule has 2 atom stereocenters. The molecule has 0 amide bonds. The van der Waals surface area contributed by atoms with Crippen molar-refractivity contribution in [1.29, 1.82) is 0 Å². The van der Waals surface area contributed by atoms with Crippen LogP contribution in [-0.4, -0.2) is 25.1 Å². The molecule has 0 radical (unpaired) electrons. The fourth-order valence-electron chi connectivity index (χ4n) is 2.28. The Hall–Kier alpha value is -2.05. The Morgan fingerprint density at radius 2 is 1.74 bits per heavy atom. The van der Waals surface area contributed by atoms with E-state index in [9.17, 15) is 19.9 Å². The zero-order valence-electron chi connectivity index (χ0n) is 12.2. The van der Waals surface area contributed by atoms with Crippen molar-refractivity contribution in [3.63, 3.8) is 0 Å². The van der Waals surface area contributed by atoms with Crippen LogP contribution < -0.4 is 4.52 Å². The first-order valence-electron chi connectivity index (χ1n) is 6.73. The quantitative estimate of drug-likeness (QED) is 0.529. The van der Waals surface area contributed by atoms with Gasteiger partial charge in [-0.1, -0.05) is 25.1 Å². The molecule has 0 aliphatic carbocycles. The average Bonchev–Trinajstić information content (AvgIpc) is 2.44. The number of phenols is 2. The molecule has 8 heteroatoms. The maximum Gasteiger partial charge on any atom is 0.524 e. The van der Waals surface area contributed by atoms with Gasteiger partial charge in [0.25, 0.3) is 0 Å². The summed E-state index contributed by atoms with van der Waals surface area (Å²) in [4.78, 5) is 17.9. The molecule has 124 valence electrons. The van der Waals surface area contributed by atoms with E-state index in [0.29, 0.717) is 5.56 Å². The Labute approximate surface area is 132 Å². The minimum Gasteiger partial charge on any atom is -0.508 e. The maximum atomic E-state index is 11.0. The van der Waals surface area contributed by atoms with Crippen LogP contribution in [0.4, 0.5) is 0 Å². The third-order valence-electron chi connectivity index (χ3n) is 3.43. The van der Waals surface area contributed by atoms with Crippen LogP contribution in [-0.2, 0) is 4.57 Å². The Morgan fingerprint density at radius 3 is 2.35 bits per heavy atom. The first-order valence-corrected chi connectivity index (χ1v) is 8.26. The van der Waals surface area contributed by atoms with Gasteiger partial charge in [-0.25, -0.2) is 4.57 Å². The Morgan fingerprint density at radius 1 is 1.09 bits per heavy atom. The summed E-state index contributed by atoms with van der Waals surface area (Å²) in [5.74, 6) is -1.21. The van der Waals surface area contributed by atoms with E-state index < -0.39 is 19.8 Å². The third kappa shape index (κ3) is 4.24. The summed E-state index contributed by atoms with van der Waals surface area (Å²) in [6, 6.07) is 10.1. The van der Waals surface area contributed by atoms with Crippen LogP contribution in [0.2, 0.25) is 0 Å². The van der Waals surface area contributed by atoms with E-state index in [0.717, 1.165) is 0 Å². The van der Waals surface area contributed by atoms with Gasteiger partial charge in [-0.3, -0.25) is 9.79 Å². The molecule has 2 rings (SSSR count). The second-order valence-electron chi connectivity index (χ2n) is 5.10. The summed E-state index contributed by atoms with van der Waals surface area (Å²) in [5, 5.41) is 30.0. The molecule has 0 spiro atoms. The highest BCUT2D eigenvalue weighted by atomic mass is 31.2. The van der Waals surface area contributed by atoms with Crippen molar-refractivity contribution >= 4 is 7.82 Å². The number of aliphatic hydroxyl groups excluding tert-OH is 1. The lowest BCUT2D eigenvalue weighted by Crippen LogP contribution is -2.09. The van der Waals surface area contributed by atoms with E-state index in [1.807, 2.05) is 0 Å². The molecule has 7 nitrogen and oxygen atoms in total. The molecule has 2 aromatic rings. The van der Waals surface area contributed by atoms with Crippen molar-refractivity contribution in [3.05, 3.63) is 53.6 Å². The topological polar surface area (TPSA) is 127 Å². The predicted octanol–water partition coefficient (Wildman–Crippen LogP) is 2.41. The lowest BCUT2D eigenvalue weighted by Gasteiger charge is -2.23. The lowest BCUT2D eigenvalue weighted by molar-refractivity contribution is 0.145. The molecule has 0 bridgehead atoms. The second kappa shape index (κ2) is 6.60. The van der Waals surface area contributed by atoms with Crippen molar-refractivity contribution in [2.24, 2.45) is 0 Å². The predicted molar refractivity (Wildman–Crippen MR) is 82.3 cm³/mol. The van der Waals surface area contributed by atoms with Gasteiger partial charge in [0, 0.05) is 5.92 Å². The monoisotopic (exact) mass is 340 g/mol. The first-order chi connectivity index (χ1) is 10.7. The van der Waals surface area contributed by atoms with Crippen LogP contribution >= 0.6 is 7.82 Å². The van der Waals surface area contributed by atoms with Crippen LogP contribution in [0, 0.1) is 0 Å². The van der Waals surface area contributed by atoms with Crippen LogP contribution in [0.25, 0.3) is 0 Å². The molecule has 0 fully saturated rings.